The van der Waals surface area contributed by atoms with Crippen LogP contribution < -0.4 is 5.32 Å². The van der Waals surface area contributed by atoms with Gasteiger partial charge < -0.3 is 5.32 Å². The molecule has 5 heteroatoms. The molecule has 0 unspecified atom stereocenters. The molecule has 0 radical (unpaired) electrons. The van der Waals surface area contributed by atoms with Crippen LogP contribution in [-0.2, 0) is 0 Å². The number of alkyl halides is 2. The topological polar surface area (TPSA) is 59.6 Å². The minimum absolute atomic E-state index is 0.298. The molecular formula is C14H15I2N3. The number of hydrogen-bond donors (Lipinski definition) is 1. The first-order valence-electron chi connectivity index (χ1n) is 6.40. The lowest BCUT2D eigenvalue weighted by atomic mass is 9.63. The smallest absolute Gasteiger partial charge is 0.0975 e. The van der Waals surface area contributed by atoms with E-state index >= 15 is 0 Å². The molecule has 0 atom stereocenters. The average Bonchev–Trinajstić information content (AvgIpc) is 2.46. The van der Waals surface area contributed by atoms with Gasteiger partial charge in [-0.25, -0.2) is 0 Å². The number of nitriles is 2. The van der Waals surface area contributed by atoms with Crippen molar-refractivity contribution in [2.75, 3.05) is 8.86 Å². The zero-order chi connectivity index (χ0) is 13.9. The maximum atomic E-state index is 9.60. The largest absolute Gasteiger partial charge is 0.359 e. The van der Waals surface area contributed by atoms with Crippen molar-refractivity contribution in [2.45, 2.75) is 32.1 Å². The van der Waals surface area contributed by atoms with Crippen molar-refractivity contribution in [1.29, 1.82) is 10.5 Å². The van der Waals surface area contributed by atoms with Gasteiger partial charge in [0, 0.05) is 25.7 Å². The Balaban J connectivity index is 2.61. The Bertz CT molecular complexity index is 474. The molecule has 2 aliphatic rings. The van der Waals surface area contributed by atoms with Crippen LogP contribution in [0.5, 0.6) is 0 Å². The zero-order valence-electron chi connectivity index (χ0n) is 10.6. The van der Waals surface area contributed by atoms with E-state index < -0.39 is 0 Å². The molecule has 0 aromatic rings. The molecule has 1 saturated carbocycles. The first kappa shape index (κ1) is 15.1. The van der Waals surface area contributed by atoms with Gasteiger partial charge >= 0.3 is 0 Å². The van der Waals surface area contributed by atoms with Crippen LogP contribution in [0.3, 0.4) is 0 Å². The molecule has 2 rings (SSSR count). The van der Waals surface area contributed by atoms with E-state index in [1.807, 2.05) is 0 Å². The van der Waals surface area contributed by atoms with E-state index in [1.54, 1.807) is 0 Å². The fourth-order valence-electron chi connectivity index (χ4n) is 3.21. The van der Waals surface area contributed by atoms with E-state index in [1.165, 1.54) is 6.42 Å². The summed E-state index contributed by atoms with van der Waals surface area (Å²) in [5, 5.41) is 22.5. The summed E-state index contributed by atoms with van der Waals surface area (Å²) in [5.74, 6) is 0. The Hall–Kier alpha value is -0.280. The second-order valence-corrected chi connectivity index (χ2v) is 6.49. The van der Waals surface area contributed by atoms with E-state index in [0.717, 1.165) is 57.1 Å². The van der Waals surface area contributed by atoms with E-state index in [4.69, 9.17) is 0 Å². The van der Waals surface area contributed by atoms with Gasteiger partial charge in [0.2, 0.25) is 0 Å². The third-order valence-electron chi connectivity index (χ3n) is 4.06. The van der Waals surface area contributed by atoms with Gasteiger partial charge in [0.25, 0.3) is 0 Å². The summed E-state index contributed by atoms with van der Waals surface area (Å²) in [6.45, 7) is 0. The van der Waals surface area contributed by atoms with Gasteiger partial charge in [0.15, 0.2) is 0 Å². The number of nitrogens with zero attached hydrogens (tertiary/aromatic N) is 2. The SMILES string of the molecule is N#CC1=C(CI)NC(CI)=C(C#N)C12CCCCC2. The number of rotatable bonds is 2. The minimum atomic E-state index is -0.298. The second-order valence-electron chi connectivity index (χ2n) is 4.97. The van der Waals surface area contributed by atoms with Gasteiger partial charge in [-0.15, -0.1) is 0 Å². The zero-order valence-corrected chi connectivity index (χ0v) is 14.9. The van der Waals surface area contributed by atoms with Gasteiger partial charge in [-0.1, -0.05) is 64.4 Å². The summed E-state index contributed by atoms with van der Waals surface area (Å²) in [5.41, 5.74) is 3.35. The summed E-state index contributed by atoms with van der Waals surface area (Å²) in [4.78, 5) is 0. The summed E-state index contributed by atoms with van der Waals surface area (Å²) < 4.78 is 1.59. The van der Waals surface area contributed by atoms with Crippen molar-refractivity contribution in [1.82, 2.24) is 5.32 Å². The summed E-state index contributed by atoms with van der Waals surface area (Å²) >= 11 is 4.58. The third-order valence-corrected chi connectivity index (χ3v) is 5.59. The molecule has 1 N–H and O–H groups in total. The van der Waals surface area contributed by atoms with E-state index in [2.05, 4.69) is 62.6 Å². The summed E-state index contributed by atoms with van der Waals surface area (Å²) in [6.07, 6.45) is 5.33. The van der Waals surface area contributed by atoms with Crippen LogP contribution in [0, 0.1) is 28.1 Å². The van der Waals surface area contributed by atoms with Crippen LogP contribution in [0.2, 0.25) is 0 Å². The van der Waals surface area contributed by atoms with Crippen LogP contribution in [-0.4, -0.2) is 8.86 Å². The molecule has 0 aromatic carbocycles. The maximum absolute atomic E-state index is 9.60. The van der Waals surface area contributed by atoms with Crippen LogP contribution >= 0.6 is 45.2 Å². The van der Waals surface area contributed by atoms with E-state index in [-0.39, 0.29) is 5.41 Å². The third kappa shape index (κ3) is 2.52. The molecular weight excluding hydrogens is 464 g/mol. The Morgan fingerprint density at radius 1 is 0.947 bits per heavy atom. The normalized spacial score (nSPS) is 21.9. The van der Waals surface area contributed by atoms with Crippen molar-refractivity contribution >= 4 is 45.2 Å². The number of dihydropyridines is 1. The lowest BCUT2D eigenvalue weighted by molar-refractivity contribution is 0.293. The van der Waals surface area contributed by atoms with Crippen molar-refractivity contribution in [3.8, 4) is 12.1 Å². The number of hydrogen-bond acceptors (Lipinski definition) is 3. The molecule has 0 amide bonds. The van der Waals surface area contributed by atoms with E-state index in [0.29, 0.717) is 0 Å². The number of allylic oxidation sites excluding steroid dienone is 4. The van der Waals surface area contributed by atoms with Gasteiger partial charge in [0.1, 0.15) is 0 Å². The van der Waals surface area contributed by atoms with E-state index in [9.17, 15) is 10.5 Å². The molecule has 1 spiro atoms. The predicted octanol–water partition coefficient (Wildman–Crippen LogP) is 3.97. The van der Waals surface area contributed by atoms with Gasteiger partial charge in [-0.2, -0.15) is 10.5 Å². The summed E-state index contributed by atoms with van der Waals surface area (Å²) in [7, 11) is 0. The van der Waals surface area contributed by atoms with Crippen LogP contribution in [0.15, 0.2) is 22.5 Å². The standard InChI is InChI=1S/C14H15I2N3/c15-6-12-10(8-17)14(4-2-1-3-5-14)11(9-18)13(7-16)19-12/h19H,1-7H2. The van der Waals surface area contributed by atoms with Gasteiger partial charge in [0.05, 0.1) is 23.3 Å². The highest BCUT2D eigenvalue weighted by Gasteiger charge is 2.45. The lowest BCUT2D eigenvalue weighted by Gasteiger charge is -2.41. The van der Waals surface area contributed by atoms with Crippen molar-refractivity contribution < 1.29 is 0 Å². The minimum Gasteiger partial charge on any atom is -0.359 e. The highest BCUT2D eigenvalue weighted by atomic mass is 127. The molecule has 100 valence electrons. The Morgan fingerprint density at radius 3 is 1.79 bits per heavy atom. The van der Waals surface area contributed by atoms with Crippen LogP contribution in [0.1, 0.15) is 32.1 Å². The molecule has 19 heavy (non-hydrogen) atoms. The first-order valence-corrected chi connectivity index (χ1v) is 9.45. The molecule has 1 heterocycles. The number of nitrogens with one attached hydrogen (secondary N) is 1. The summed E-state index contributed by atoms with van der Waals surface area (Å²) in [6, 6.07) is 4.80. The predicted molar refractivity (Wildman–Crippen MR) is 91.7 cm³/mol. The highest BCUT2D eigenvalue weighted by Crippen LogP contribution is 2.51. The molecule has 0 bridgehead atoms. The molecule has 0 aromatic heterocycles. The fourth-order valence-corrected chi connectivity index (χ4v) is 4.36. The molecule has 1 aliphatic carbocycles. The van der Waals surface area contributed by atoms with Crippen LogP contribution in [0.4, 0.5) is 0 Å². The van der Waals surface area contributed by atoms with Gasteiger partial charge in [-0.3, -0.25) is 0 Å². The average molecular weight is 479 g/mol. The lowest BCUT2D eigenvalue weighted by Crippen LogP contribution is -2.38. The van der Waals surface area contributed by atoms with Crippen molar-refractivity contribution in [3.63, 3.8) is 0 Å². The number of halogens is 2. The fraction of sp³-hybridized carbons (Fsp3) is 0.571. The quantitative estimate of drug-likeness (QED) is 0.482. The Morgan fingerprint density at radius 2 is 1.42 bits per heavy atom. The van der Waals surface area contributed by atoms with Crippen LogP contribution in [0.25, 0.3) is 0 Å². The molecule has 0 saturated heterocycles. The van der Waals surface area contributed by atoms with Gasteiger partial charge in [-0.05, 0) is 12.8 Å². The molecule has 1 aliphatic heterocycles. The maximum Gasteiger partial charge on any atom is 0.0975 e. The molecule has 3 nitrogen and oxygen atoms in total. The highest BCUT2D eigenvalue weighted by molar-refractivity contribution is 14.1. The second kappa shape index (κ2) is 6.45. The Kier molecular flexibility index (Phi) is 5.13. The van der Waals surface area contributed by atoms with Crippen molar-refractivity contribution in [2.24, 2.45) is 5.41 Å². The first-order chi connectivity index (χ1) is 9.23. The Labute approximate surface area is 141 Å². The van der Waals surface area contributed by atoms with Crippen molar-refractivity contribution in [3.05, 3.63) is 22.5 Å². The molecule has 1 fully saturated rings. The monoisotopic (exact) mass is 479 g/mol.